The minimum Gasteiger partial charge on any atom is -0.317 e. The summed E-state index contributed by atoms with van der Waals surface area (Å²) in [6.07, 6.45) is 0.417. The van der Waals surface area contributed by atoms with E-state index >= 15 is 0 Å². The predicted molar refractivity (Wildman–Crippen MR) is 68.8 cm³/mol. The molecule has 0 radical (unpaired) electrons. The summed E-state index contributed by atoms with van der Waals surface area (Å²) in [6.45, 7) is 10.3. The molecular weight excluding hydrogens is 188 g/mol. The van der Waals surface area contributed by atoms with Crippen LogP contribution < -0.4 is 5.32 Å². The topological polar surface area (TPSA) is 12.0 Å². The van der Waals surface area contributed by atoms with Crippen molar-refractivity contribution in [3.05, 3.63) is 0 Å². The van der Waals surface area contributed by atoms with Crippen molar-refractivity contribution >= 4 is 7.28 Å². The van der Waals surface area contributed by atoms with Gasteiger partial charge in [-0.1, -0.05) is 46.8 Å². The summed E-state index contributed by atoms with van der Waals surface area (Å²) in [6, 6.07) is 0.303. The van der Waals surface area contributed by atoms with E-state index in [4.69, 9.17) is 0 Å². The van der Waals surface area contributed by atoms with Gasteiger partial charge in [0.05, 0.1) is 0 Å². The molecule has 15 heavy (non-hydrogen) atoms. The third-order valence-corrected chi connectivity index (χ3v) is 3.60. The maximum Gasteiger partial charge on any atom is 0.122 e. The number of alkyl halides is 1. The monoisotopic (exact) mass is 215 g/mol. The first-order chi connectivity index (χ1) is 6.99. The van der Waals surface area contributed by atoms with Crippen LogP contribution in [0.15, 0.2) is 0 Å². The van der Waals surface area contributed by atoms with E-state index in [0.717, 1.165) is 13.7 Å². The summed E-state index contributed by atoms with van der Waals surface area (Å²) in [5, 5.41) is 3.30. The van der Waals surface area contributed by atoms with Crippen molar-refractivity contribution in [2.45, 2.75) is 59.0 Å². The second-order valence-corrected chi connectivity index (χ2v) is 4.94. The highest BCUT2D eigenvalue weighted by Crippen LogP contribution is 2.27. The Balaban J connectivity index is 4.50. The third kappa shape index (κ3) is 4.14. The molecule has 4 atom stereocenters. The molecule has 0 aromatic heterocycles. The van der Waals surface area contributed by atoms with Gasteiger partial charge in [-0.3, -0.25) is 0 Å². The summed E-state index contributed by atoms with van der Waals surface area (Å²) in [5.74, 6) is 0.798. The minimum absolute atomic E-state index is 0.0971. The van der Waals surface area contributed by atoms with Gasteiger partial charge in [0, 0.05) is 12.0 Å². The predicted octanol–water partition coefficient (Wildman–Crippen LogP) is 2.89. The number of halogens is 1. The van der Waals surface area contributed by atoms with Gasteiger partial charge in [-0.25, -0.2) is 4.39 Å². The lowest BCUT2D eigenvalue weighted by Crippen LogP contribution is -2.43. The van der Waals surface area contributed by atoms with Crippen LogP contribution in [-0.4, -0.2) is 26.5 Å². The van der Waals surface area contributed by atoms with E-state index in [1.807, 2.05) is 27.8 Å². The fourth-order valence-corrected chi connectivity index (χ4v) is 2.53. The van der Waals surface area contributed by atoms with Gasteiger partial charge >= 0.3 is 0 Å². The van der Waals surface area contributed by atoms with Crippen LogP contribution in [0.4, 0.5) is 4.39 Å². The Morgan fingerprint density at radius 1 is 1.27 bits per heavy atom. The van der Waals surface area contributed by atoms with Crippen LogP contribution in [0.1, 0.15) is 34.1 Å². The zero-order valence-electron chi connectivity index (χ0n) is 11.2. The van der Waals surface area contributed by atoms with Gasteiger partial charge in [-0.05, 0) is 13.0 Å². The van der Waals surface area contributed by atoms with Crippen molar-refractivity contribution in [3.63, 3.8) is 0 Å². The molecule has 1 N–H and O–H groups in total. The molecule has 1 nitrogen and oxygen atoms in total. The van der Waals surface area contributed by atoms with Gasteiger partial charge in [0.2, 0.25) is 0 Å². The van der Waals surface area contributed by atoms with Crippen molar-refractivity contribution in [1.29, 1.82) is 0 Å². The molecule has 0 aromatic carbocycles. The maximum absolute atomic E-state index is 13.9. The van der Waals surface area contributed by atoms with Crippen LogP contribution in [-0.2, 0) is 0 Å². The molecule has 0 amide bonds. The summed E-state index contributed by atoms with van der Waals surface area (Å²) >= 11 is 0. The SMILES string of the molecule is CBC(CC)C(NC)C(C)C(F)C(C)C. The zero-order chi connectivity index (χ0) is 12.0. The Kier molecular flexibility index (Phi) is 7.24. The van der Waals surface area contributed by atoms with Crippen LogP contribution in [0.5, 0.6) is 0 Å². The van der Waals surface area contributed by atoms with Crippen molar-refractivity contribution < 1.29 is 4.39 Å². The van der Waals surface area contributed by atoms with Crippen LogP contribution in [0.2, 0.25) is 12.6 Å². The van der Waals surface area contributed by atoms with Gasteiger partial charge in [0.1, 0.15) is 13.5 Å². The molecule has 0 saturated carbocycles. The highest BCUT2D eigenvalue weighted by Gasteiger charge is 2.30. The molecule has 0 spiro atoms. The average molecular weight is 215 g/mol. The molecule has 0 rings (SSSR count). The van der Waals surface area contributed by atoms with Crippen molar-refractivity contribution in [2.24, 2.45) is 11.8 Å². The zero-order valence-corrected chi connectivity index (χ0v) is 11.2. The molecule has 90 valence electrons. The van der Waals surface area contributed by atoms with E-state index in [1.165, 1.54) is 0 Å². The quantitative estimate of drug-likeness (QED) is 0.644. The van der Waals surface area contributed by atoms with E-state index in [1.54, 1.807) is 0 Å². The summed E-state index contributed by atoms with van der Waals surface area (Å²) in [4.78, 5) is 0. The van der Waals surface area contributed by atoms with E-state index in [0.29, 0.717) is 11.9 Å². The molecule has 0 fully saturated rings. The fraction of sp³-hybridized carbons (Fsp3) is 1.00. The van der Waals surface area contributed by atoms with Gasteiger partial charge in [0.25, 0.3) is 0 Å². The summed E-state index contributed by atoms with van der Waals surface area (Å²) in [5.41, 5.74) is 0. The van der Waals surface area contributed by atoms with Crippen molar-refractivity contribution in [2.75, 3.05) is 7.05 Å². The second-order valence-electron chi connectivity index (χ2n) is 4.94. The maximum atomic E-state index is 13.9. The Morgan fingerprint density at radius 2 is 1.80 bits per heavy atom. The average Bonchev–Trinajstić information content (AvgIpc) is 2.23. The Morgan fingerprint density at radius 3 is 2.07 bits per heavy atom. The number of rotatable bonds is 7. The largest absolute Gasteiger partial charge is 0.317 e. The number of hydrogen-bond donors (Lipinski definition) is 1. The molecule has 0 saturated heterocycles. The lowest BCUT2D eigenvalue weighted by Gasteiger charge is -2.33. The Hall–Kier alpha value is -0.0451. The van der Waals surface area contributed by atoms with Gasteiger partial charge in [0.15, 0.2) is 0 Å². The second kappa shape index (κ2) is 7.26. The Labute approximate surface area is 95.5 Å². The highest BCUT2D eigenvalue weighted by molar-refractivity contribution is 6.36. The van der Waals surface area contributed by atoms with Crippen molar-refractivity contribution in [1.82, 2.24) is 5.32 Å². The number of nitrogens with one attached hydrogen (secondary N) is 1. The van der Waals surface area contributed by atoms with Crippen LogP contribution in [0, 0.1) is 11.8 Å². The lowest BCUT2D eigenvalue weighted by molar-refractivity contribution is 0.145. The van der Waals surface area contributed by atoms with Crippen molar-refractivity contribution in [3.8, 4) is 0 Å². The van der Waals surface area contributed by atoms with Gasteiger partial charge < -0.3 is 5.32 Å². The normalized spacial score (nSPS) is 19.7. The van der Waals surface area contributed by atoms with E-state index in [9.17, 15) is 4.39 Å². The lowest BCUT2D eigenvalue weighted by atomic mass is 9.59. The molecular formula is C12H27BFN. The molecule has 0 aliphatic rings. The molecule has 4 unspecified atom stereocenters. The third-order valence-electron chi connectivity index (χ3n) is 3.60. The van der Waals surface area contributed by atoms with Crippen LogP contribution in [0.25, 0.3) is 0 Å². The van der Waals surface area contributed by atoms with Crippen LogP contribution in [0.3, 0.4) is 0 Å². The fourth-order valence-electron chi connectivity index (χ4n) is 2.53. The molecule has 0 aliphatic carbocycles. The number of hydrogen-bond acceptors (Lipinski definition) is 1. The standard InChI is InChI=1S/C12H27BFN/c1-7-10(13-5)12(15-6)9(4)11(14)8(2)3/h8-13,15H,7H2,1-6H3. The van der Waals surface area contributed by atoms with Gasteiger partial charge in [-0.15, -0.1) is 0 Å². The first kappa shape index (κ1) is 15.0. The highest BCUT2D eigenvalue weighted by atomic mass is 19.1. The minimum atomic E-state index is -0.706. The molecule has 0 heterocycles. The first-order valence-corrected chi connectivity index (χ1v) is 6.30. The van der Waals surface area contributed by atoms with E-state index in [2.05, 4.69) is 19.1 Å². The van der Waals surface area contributed by atoms with Crippen LogP contribution >= 0.6 is 0 Å². The molecule has 0 aromatic rings. The first-order valence-electron chi connectivity index (χ1n) is 6.30. The Bertz CT molecular complexity index is 160. The van der Waals surface area contributed by atoms with E-state index in [-0.39, 0.29) is 11.8 Å². The van der Waals surface area contributed by atoms with Gasteiger partial charge in [-0.2, -0.15) is 0 Å². The summed E-state index contributed by atoms with van der Waals surface area (Å²) in [7, 11) is 3.07. The molecule has 0 aliphatic heterocycles. The molecule has 3 heteroatoms. The summed E-state index contributed by atoms with van der Waals surface area (Å²) < 4.78 is 13.9. The molecule has 0 bridgehead atoms. The smallest absolute Gasteiger partial charge is 0.122 e. The van der Waals surface area contributed by atoms with E-state index < -0.39 is 6.17 Å².